The number of benzene rings is 2. The van der Waals surface area contributed by atoms with Crippen molar-refractivity contribution in [3.63, 3.8) is 0 Å². The topological polar surface area (TPSA) is 66.4 Å². The molecule has 0 aliphatic heterocycles. The molecule has 4 heteroatoms. The predicted molar refractivity (Wildman–Crippen MR) is 75.2 cm³/mol. The van der Waals surface area contributed by atoms with E-state index in [2.05, 4.69) is 5.32 Å². The zero-order chi connectivity index (χ0) is 14.4. The van der Waals surface area contributed by atoms with Crippen LogP contribution in [0.25, 0.3) is 0 Å². The second-order valence-electron chi connectivity index (χ2n) is 4.38. The SMILES string of the molecule is O=[C][C@H](Cc1ccccc1)NC(=O)c1ccc(O)cc1. The van der Waals surface area contributed by atoms with Gasteiger partial charge in [0, 0.05) is 12.0 Å². The molecule has 4 nitrogen and oxygen atoms in total. The highest BCUT2D eigenvalue weighted by Gasteiger charge is 2.14. The van der Waals surface area contributed by atoms with Gasteiger partial charge in [0.1, 0.15) is 5.75 Å². The zero-order valence-electron chi connectivity index (χ0n) is 10.7. The van der Waals surface area contributed by atoms with Gasteiger partial charge in [0.15, 0.2) is 0 Å². The summed E-state index contributed by atoms with van der Waals surface area (Å²) in [5.74, 6) is -0.279. The van der Waals surface area contributed by atoms with E-state index in [0.29, 0.717) is 12.0 Å². The van der Waals surface area contributed by atoms with E-state index >= 15 is 0 Å². The minimum atomic E-state index is -0.696. The number of hydrogen-bond donors (Lipinski definition) is 2. The van der Waals surface area contributed by atoms with E-state index in [-0.39, 0.29) is 11.7 Å². The average molecular weight is 268 g/mol. The molecule has 0 aliphatic rings. The number of carbonyl (C=O) groups excluding carboxylic acids is 2. The van der Waals surface area contributed by atoms with E-state index in [1.807, 2.05) is 36.6 Å². The predicted octanol–water partition coefficient (Wildman–Crippen LogP) is 1.84. The normalized spacial score (nSPS) is 11.6. The molecule has 2 N–H and O–H groups in total. The van der Waals surface area contributed by atoms with Crippen molar-refractivity contribution >= 4 is 12.2 Å². The van der Waals surface area contributed by atoms with E-state index in [0.717, 1.165) is 5.56 Å². The van der Waals surface area contributed by atoms with Crippen LogP contribution in [0.2, 0.25) is 0 Å². The number of rotatable bonds is 5. The summed E-state index contributed by atoms with van der Waals surface area (Å²) in [7, 11) is 0. The van der Waals surface area contributed by atoms with Crippen molar-refractivity contribution in [2.24, 2.45) is 0 Å². The number of aromatic hydroxyl groups is 1. The Morgan fingerprint density at radius 1 is 1.10 bits per heavy atom. The van der Waals surface area contributed by atoms with Crippen LogP contribution in [0.15, 0.2) is 54.6 Å². The highest BCUT2D eigenvalue weighted by atomic mass is 16.3. The van der Waals surface area contributed by atoms with Gasteiger partial charge in [0.05, 0.1) is 6.04 Å². The van der Waals surface area contributed by atoms with Crippen LogP contribution in [0.1, 0.15) is 15.9 Å². The van der Waals surface area contributed by atoms with E-state index < -0.39 is 6.04 Å². The Morgan fingerprint density at radius 3 is 2.35 bits per heavy atom. The van der Waals surface area contributed by atoms with Gasteiger partial charge in [-0.25, -0.2) is 0 Å². The largest absolute Gasteiger partial charge is 0.508 e. The molecule has 0 bridgehead atoms. The quantitative estimate of drug-likeness (QED) is 0.869. The van der Waals surface area contributed by atoms with Crippen LogP contribution >= 0.6 is 0 Å². The van der Waals surface area contributed by atoms with Crippen LogP contribution in [-0.2, 0) is 11.2 Å². The maximum absolute atomic E-state index is 11.9. The van der Waals surface area contributed by atoms with E-state index in [9.17, 15) is 9.59 Å². The van der Waals surface area contributed by atoms with Gasteiger partial charge in [-0.05, 0) is 29.8 Å². The molecule has 0 saturated carbocycles. The van der Waals surface area contributed by atoms with E-state index in [1.54, 1.807) is 0 Å². The molecule has 0 unspecified atom stereocenters. The maximum Gasteiger partial charge on any atom is 0.251 e. The Morgan fingerprint density at radius 2 is 1.75 bits per heavy atom. The molecule has 0 heterocycles. The first-order chi connectivity index (χ1) is 9.69. The molecule has 2 aromatic carbocycles. The Labute approximate surface area is 117 Å². The van der Waals surface area contributed by atoms with Crippen LogP contribution in [-0.4, -0.2) is 23.3 Å². The Hall–Kier alpha value is -2.62. The van der Waals surface area contributed by atoms with Gasteiger partial charge in [0.25, 0.3) is 5.91 Å². The number of phenols is 1. The van der Waals surface area contributed by atoms with Gasteiger partial charge in [0.2, 0.25) is 6.29 Å². The van der Waals surface area contributed by atoms with Gasteiger partial charge < -0.3 is 10.4 Å². The van der Waals surface area contributed by atoms with E-state index in [4.69, 9.17) is 5.11 Å². The Kier molecular flexibility index (Phi) is 4.50. The number of hydrogen-bond acceptors (Lipinski definition) is 3. The molecule has 0 aliphatic carbocycles. The van der Waals surface area contributed by atoms with Gasteiger partial charge >= 0.3 is 0 Å². The molecule has 0 aromatic heterocycles. The molecule has 101 valence electrons. The Balaban J connectivity index is 2.01. The second kappa shape index (κ2) is 6.52. The Bertz CT molecular complexity index is 578. The van der Waals surface area contributed by atoms with Crippen LogP contribution in [0.5, 0.6) is 5.75 Å². The van der Waals surface area contributed by atoms with Gasteiger partial charge in [-0.1, -0.05) is 30.3 Å². The van der Waals surface area contributed by atoms with Gasteiger partial charge in [-0.3, -0.25) is 9.59 Å². The summed E-state index contributed by atoms with van der Waals surface area (Å²) < 4.78 is 0. The first kappa shape index (κ1) is 13.8. The lowest BCUT2D eigenvalue weighted by Crippen LogP contribution is -2.37. The molecule has 1 amide bonds. The van der Waals surface area contributed by atoms with Crippen molar-refractivity contribution in [2.75, 3.05) is 0 Å². The van der Waals surface area contributed by atoms with Gasteiger partial charge in [-0.2, -0.15) is 0 Å². The monoisotopic (exact) mass is 268 g/mol. The number of carbonyl (C=O) groups is 1. The average Bonchev–Trinajstić information content (AvgIpc) is 2.48. The second-order valence-corrected chi connectivity index (χ2v) is 4.38. The van der Waals surface area contributed by atoms with Crippen LogP contribution < -0.4 is 5.32 Å². The standard InChI is InChI=1S/C16H14NO3/c18-11-14(10-12-4-2-1-3-5-12)17-16(20)13-6-8-15(19)9-7-13/h1-9,14,19H,10H2,(H,17,20)/t14-/m0/s1. The third-order valence-corrected chi connectivity index (χ3v) is 2.86. The highest BCUT2D eigenvalue weighted by molar-refractivity contribution is 5.95. The molecule has 1 radical (unpaired) electrons. The molecule has 0 fully saturated rings. The number of nitrogens with one attached hydrogen (secondary N) is 1. The first-order valence-electron chi connectivity index (χ1n) is 6.20. The fourth-order valence-electron chi connectivity index (χ4n) is 1.83. The fraction of sp³-hybridized carbons (Fsp3) is 0.125. The summed E-state index contributed by atoms with van der Waals surface area (Å²) in [5.41, 5.74) is 1.34. The third kappa shape index (κ3) is 3.68. The lowest BCUT2D eigenvalue weighted by molar-refractivity contribution is 0.0946. The third-order valence-electron chi connectivity index (χ3n) is 2.86. The number of phenolic OH excluding ortho intramolecular Hbond substituents is 1. The summed E-state index contributed by atoms with van der Waals surface area (Å²) in [6, 6.07) is 14.5. The highest BCUT2D eigenvalue weighted by Crippen LogP contribution is 2.10. The summed E-state index contributed by atoms with van der Waals surface area (Å²) in [6.07, 6.45) is 2.23. The van der Waals surface area contributed by atoms with Crippen molar-refractivity contribution < 1.29 is 14.7 Å². The molecule has 0 spiro atoms. The zero-order valence-corrected chi connectivity index (χ0v) is 10.7. The minimum absolute atomic E-state index is 0.0873. The van der Waals surface area contributed by atoms with Crippen molar-refractivity contribution in [3.8, 4) is 5.75 Å². The molecule has 1 atom stereocenters. The first-order valence-corrected chi connectivity index (χ1v) is 6.20. The summed E-state index contributed by atoms with van der Waals surface area (Å²) in [5, 5.41) is 11.8. The van der Waals surface area contributed by atoms with Crippen molar-refractivity contribution in [1.82, 2.24) is 5.32 Å². The number of amides is 1. The molecule has 2 rings (SSSR count). The van der Waals surface area contributed by atoms with Crippen LogP contribution in [0.4, 0.5) is 0 Å². The summed E-state index contributed by atoms with van der Waals surface area (Å²) in [4.78, 5) is 22.9. The molecular weight excluding hydrogens is 254 g/mol. The van der Waals surface area contributed by atoms with Crippen LogP contribution in [0.3, 0.4) is 0 Å². The van der Waals surface area contributed by atoms with E-state index in [1.165, 1.54) is 24.3 Å². The fourth-order valence-corrected chi connectivity index (χ4v) is 1.83. The molecule has 20 heavy (non-hydrogen) atoms. The molecule has 0 saturated heterocycles. The molecular formula is C16H14NO3. The van der Waals surface area contributed by atoms with Gasteiger partial charge in [-0.15, -0.1) is 0 Å². The maximum atomic E-state index is 11.9. The lowest BCUT2D eigenvalue weighted by Gasteiger charge is -2.12. The van der Waals surface area contributed by atoms with Crippen LogP contribution in [0, 0.1) is 0 Å². The van der Waals surface area contributed by atoms with Crippen molar-refractivity contribution in [2.45, 2.75) is 12.5 Å². The lowest BCUT2D eigenvalue weighted by atomic mass is 10.1. The minimum Gasteiger partial charge on any atom is -0.508 e. The summed E-state index contributed by atoms with van der Waals surface area (Å²) >= 11 is 0. The van der Waals surface area contributed by atoms with Crippen molar-refractivity contribution in [1.29, 1.82) is 0 Å². The van der Waals surface area contributed by atoms with Crippen molar-refractivity contribution in [3.05, 3.63) is 65.7 Å². The smallest absolute Gasteiger partial charge is 0.251 e. The summed E-state index contributed by atoms with van der Waals surface area (Å²) in [6.45, 7) is 0. The molecule has 2 aromatic rings.